The molecule has 0 bridgehead atoms. The van der Waals surface area contributed by atoms with Crippen LogP contribution in [0, 0.1) is 11.8 Å². The van der Waals surface area contributed by atoms with Crippen LogP contribution >= 0.6 is 0 Å². The summed E-state index contributed by atoms with van der Waals surface area (Å²) in [7, 11) is 0. The van der Waals surface area contributed by atoms with E-state index in [9.17, 15) is 0 Å². The molecule has 2 N–H and O–H groups in total. The average molecular weight is 273 g/mol. The minimum atomic E-state index is 0.362. The molecular weight excluding hydrogens is 250 g/mol. The third-order valence-corrected chi connectivity index (χ3v) is 4.07. The molecule has 2 heterocycles. The highest BCUT2D eigenvalue weighted by Crippen LogP contribution is 2.26. The number of nitrogens with zero attached hydrogens (tertiary/aromatic N) is 1. The van der Waals surface area contributed by atoms with Gasteiger partial charge in [-0.1, -0.05) is 26.0 Å². The maximum atomic E-state index is 5.93. The van der Waals surface area contributed by atoms with Crippen LogP contribution < -0.4 is 5.32 Å². The third-order valence-electron chi connectivity index (χ3n) is 4.07. The fourth-order valence-corrected chi connectivity index (χ4v) is 3.08. The number of hydrogen-bond acceptors (Lipinski definition) is 3. The molecule has 0 aliphatic carbocycles. The highest BCUT2D eigenvalue weighted by Gasteiger charge is 2.28. The predicted molar refractivity (Wildman–Crippen MR) is 81.9 cm³/mol. The van der Waals surface area contributed by atoms with Crippen LogP contribution in [0.5, 0.6) is 0 Å². The number of rotatable bonds is 4. The molecule has 2 aromatic rings. The molecule has 1 aliphatic rings. The normalized spacial score (nSPS) is 23.4. The Morgan fingerprint density at radius 2 is 2.25 bits per heavy atom. The molecule has 0 saturated carbocycles. The number of aromatic nitrogens is 2. The van der Waals surface area contributed by atoms with Crippen molar-refractivity contribution in [2.45, 2.75) is 32.8 Å². The molecule has 2 atom stereocenters. The van der Waals surface area contributed by atoms with Gasteiger partial charge in [0.15, 0.2) is 0 Å². The van der Waals surface area contributed by atoms with Gasteiger partial charge in [0.25, 0.3) is 0 Å². The molecule has 1 aliphatic heterocycles. The molecule has 0 radical (unpaired) electrons. The summed E-state index contributed by atoms with van der Waals surface area (Å²) in [5.74, 6) is 1.99. The van der Waals surface area contributed by atoms with Crippen molar-refractivity contribution in [2.75, 3.05) is 18.5 Å². The summed E-state index contributed by atoms with van der Waals surface area (Å²) in [6.45, 7) is 6.31. The summed E-state index contributed by atoms with van der Waals surface area (Å²) < 4.78 is 5.93. The van der Waals surface area contributed by atoms with Crippen molar-refractivity contribution in [1.82, 2.24) is 9.97 Å². The Labute approximate surface area is 119 Å². The van der Waals surface area contributed by atoms with Gasteiger partial charge < -0.3 is 15.0 Å². The summed E-state index contributed by atoms with van der Waals surface area (Å²) in [6, 6.07) is 8.11. The number of hydrogen-bond donors (Lipinski definition) is 2. The van der Waals surface area contributed by atoms with Crippen molar-refractivity contribution in [1.29, 1.82) is 0 Å². The van der Waals surface area contributed by atoms with E-state index in [1.165, 1.54) is 6.42 Å². The maximum Gasteiger partial charge on any atom is 0.201 e. The van der Waals surface area contributed by atoms with Crippen LogP contribution in [0.3, 0.4) is 0 Å². The van der Waals surface area contributed by atoms with Gasteiger partial charge in [-0.25, -0.2) is 4.98 Å². The molecule has 0 spiro atoms. The van der Waals surface area contributed by atoms with E-state index >= 15 is 0 Å². The van der Waals surface area contributed by atoms with Gasteiger partial charge >= 0.3 is 0 Å². The van der Waals surface area contributed by atoms with E-state index in [1.807, 2.05) is 24.3 Å². The van der Waals surface area contributed by atoms with E-state index in [4.69, 9.17) is 4.74 Å². The first-order chi connectivity index (χ1) is 9.74. The van der Waals surface area contributed by atoms with Crippen molar-refractivity contribution < 1.29 is 4.74 Å². The van der Waals surface area contributed by atoms with Crippen LogP contribution in [-0.4, -0.2) is 29.2 Å². The second kappa shape index (κ2) is 5.83. The first kappa shape index (κ1) is 13.4. The Balaban J connectivity index is 1.65. The van der Waals surface area contributed by atoms with Crippen molar-refractivity contribution in [3.8, 4) is 0 Å². The zero-order chi connectivity index (χ0) is 13.9. The molecule has 1 aromatic carbocycles. The van der Waals surface area contributed by atoms with E-state index < -0.39 is 0 Å². The molecule has 2 unspecified atom stereocenters. The first-order valence-electron chi connectivity index (χ1n) is 7.54. The smallest absolute Gasteiger partial charge is 0.201 e. The fraction of sp³-hybridized carbons (Fsp3) is 0.562. The lowest BCUT2D eigenvalue weighted by Gasteiger charge is -2.34. The second-order valence-electron chi connectivity index (χ2n) is 5.97. The van der Waals surface area contributed by atoms with Crippen molar-refractivity contribution >= 4 is 17.0 Å². The number of ether oxygens (including phenoxy) is 1. The van der Waals surface area contributed by atoms with E-state index in [0.717, 1.165) is 36.6 Å². The number of H-pyrrole nitrogens is 1. The topological polar surface area (TPSA) is 49.9 Å². The van der Waals surface area contributed by atoms with Gasteiger partial charge in [-0.3, -0.25) is 0 Å². The zero-order valence-electron chi connectivity index (χ0n) is 12.2. The number of benzene rings is 1. The third kappa shape index (κ3) is 2.80. The van der Waals surface area contributed by atoms with Gasteiger partial charge in [0.1, 0.15) is 0 Å². The lowest BCUT2D eigenvalue weighted by molar-refractivity contribution is -0.0481. The quantitative estimate of drug-likeness (QED) is 0.897. The van der Waals surface area contributed by atoms with Gasteiger partial charge in [-0.05, 0) is 30.9 Å². The Morgan fingerprint density at radius 1 is 1.40 bits per heavy atom. The van der Waals surface area contributed by atoms with Crippen LogP contribution in [0.15, 0.2) is 24.3 Å². The fourth-order valence-electron chi connectivity index (χ4n) is 3.08. The molecule has 1 saturated heterocycles. The second-order valence-corrected chi connectivity index (χ2v) is 5.97. The minimum absolute atomic E-state index is 0.362. The van der Waals surface area contributed by atoms with E-state index in [0.29, 0.717) is 17.9 Å². The minimum Gasteiger partial charge on any atom is -0.378 e. The molecule has 3 rings (SSSR count). The standard InChI is InChI=1S/C16H23N3O/c1-11(2)15-12(6-5-9-20-15)10-17-16-18-13-7-3-4-8-14(13)19-16/h3-4,7-8,11-12,15H,5-6,9-10H2,1-2H3,(H2,17,18,19). The number of fused-ring (bicyclic) bond motifs is 1. The van der Waals surface area contributed by atoms with Crippen LogP contribution in [-0.2, 0) is 4.74 Å². The summed E-state index contributed by atoms with van der Waals surface area (Å²) >= 11 is 0. The largest absolute Gasteiger partial charge is 0.378 e. The predicted octanol–water partition coefficient (Wildman–Crippen LogP) is 3.43. The van der Waals surface area contributed by atoms with Crippen LogP contribution in [0.4, 0.5) is 5.95 Å². The molecule has 1 fully saturated rings. The SMILES string of the molecule is CC(C)C1OCCCC1CNc1nc2ccccc2[nH]1. The lowest BCUT2D eigenvalue weighted by Crippen LogP contribution is -2.37. The van der Waals surface area contributed by atoms with Crippen molar-refractivity contribution in [3.05, 3.63) is 24.3 Å². The summed E-state index contributed by atoms with van der Waals surface area (Å²) in [4.78, 5) is 7.88. The van der Waals surface area contributed by atoms with Crippen LogP contribution in [0.2, 0.25) is 0 Å². The first-order valence-corrected chi connectivity index (χ1v) is 7.54. The monoisotopic (exact) mass is 273 g/mol. The summed E-state index contributed by atoms with van der Waals surface area (Å²) in [5, 5.41) is 3.44. The average Bonchev–Trinajstić information content (AvgIpc) is 2.88. The highest BCUT2D eigenvalue weighted by atomic mass is 16.5. The lowest BCUT2D eigenvalue weighted by atomic mass is 9.87. The van der Waals surface area contributed by atoms with Gasteiger partial charge in [0.2, 0.25) is 5.95 Å². The molecule has 20 heavy (non-hydrogen) atoms. The molecule has 108 valence electrons. The van der Waals surface area contributed by atoms with Gasteiger partial charge in [-0.2, -0.15) is 0 Å². The van der Waals surface area contributed by atoms with Crippen LogP contribution in [0.1, 0.15) is 26.7 Å². The zero-order valence-corrected chi connectivity index (χ0v) is 12.2. The van der Waals surface area contributed by atoms with Gasteiger partial charge in [-0.15, -0.1) is 0 Å². The Bertz CT molecular complexity index is 531. The van der Waals surface area contributed by atoms with Crippen LogP contribution in [0.25, 0.3) is 11.0 Å². The van der Waals surface area contributed by atoms with Gasteiger partial charge in [0.05, 0.1) is 17.1 Å². The van der Waals surface area contributed by atoms with Gasteiger partial charge in [0, 0.05) is 19.1 Å². The summed E-state index contributed by atoms with van der Waals surface area (Å²) in [6.07, 6.45) is 2.76. The Hall–Kier alpha value is -1.55. The molecule has 4 heteroatoms. The molecule has 1 aromatic heterocycles. The number of aromatic amines is 1. The van der Waals surface area contributed by atoms with Crippen molar-refractivity contribution in [2.24, 2.45) is 11.8 Å². The Kier molecular flexibility index (Phi) is 3.92. The number of anilines is 1. The molecular formula is C16H23N3O. The van der Waals surface area contributed by atoms with E-state index in [-0.39, 0.29) is 0 Å². The number of para-hydroxylation sites is 2. The molecule has 4 nitrogen and oxygen atoms in total. The number of imidazole rings is 1. The summed E-state index contributed by atoms with van der Waals surface area (Å²) in [5.41, 5.74) is 2.09. The van der Waals surface area contributed by atoms with Crippen molar-refractivity contribution in [3.63, 3.8) is 0 Å². The van der Waals surface area contributed by atoms with E-state index in [1.54, 1.807) is 0 Å². The maximum absolute atomic E-state index is 5.93. The Morgan fingerprint density at radius 3 is 3.05 bits per heavy atom. The van der Waals surface area contributed by atoms with E-state index in [2.05, 4.69) is 29.1 Å². The number of nitrogens with one attached hydrogen (secondary N) is 2. The molecule has 0 amide bonds. The highest BCUT2D eigenvalue weighted by molar-refractivity contribution is 5.77.